The number of likely N-dealkylation sites (N-methyl/N-ethyl adjacent to an activating group) is 1. The Kier molecular flexibility index (Phi) is 5.41. The number of nitrogens with zero attached hydrogens (tertiary/aromatic N) is 4. The molecule has 1 aromatic heterocycles. The van der Waals surface area contributed by atoms with Crippen molar-refractivity contribution in [2.75, 3.05) is 18.9 Å². The van der Waals surface area contributed by atoms with Crippen molar-refractivity contribution in [2.24, 2.45) is 0 Å². The summed E-state index contributed by atoms with van der Waals surface area (Å²) < 4.78 is 1.76. The highest BCUT2D eigenvalue weighted by molar-refractivity contribution is 6.30. The second-order valence-corrected chi connectivity index (χ2v) is 6.71. The summed E-state index contributed by atoms with van der Waals surface area (Å²) in [6.07, 6.45) is 0. The number of carbonyl (C=O) groups excluding carboxylic acids is 2. The molecule has 0 bridgehead atoms. The number of hydrogen-bond acceptors (Lipinski definition) is 4. The highest BCUT2D eigenvalue weighted by Gasteiger charge is 2.17. The van der Waals surface area contributed by atoms with E-state index in [1.807, 2.05) is 19.9 Å². The first-order valence-corrected chi connectivity index (χ1v) is 8.91. The van der Waals surface area contributed by atoms with Crippen molar-refractivity contribution in [2.45, 2.75) is 20.4 Å². The molecule has 2 amide bonds. The van der Waals surface area contributed by atoms with Crippen LogP contribution in [0.2, 0.25) is 5.02 Å². The van der Waals surface area contributed by atoms with Crippen LogP contribution in [0.15, 0.2) is 36.4 Å². The maximum Gasteiger partial charge on any atom is 0.254 e. The number of halogens is 1. The lowest BCUT2D eigenvalue weighted by Gasteiger charge is -2.17. The average Bonchev–Trinajstić information content (AvgIpc) is 3.05. The number of carbonyl (C=O) groups is 2. The molecule has 0 aliphatic carbocycles. The zero-order valence-electron chi connectivity index (χ0n) is 15.4. The zero-order chi connectivity index (χ0) is 19.6. The van der Waals surface area contributed by atoms with Crippen molar-refractivity contribution >= 4 is 40.1 Å². The molecule has 27 heavy (non-hydrogen) atoms. The summed E-state index contributed by atoms with van der Waals surface area (Å²) in [5.74, 6) is -0.541. The summed E-state index contributed by atoms with van der Waals surface area (Å²) in [6.45, 7) is 4.46. The third-order valence-corrected chi connectivity index (χ3v) is 4.49. The van der Waals surface area contributed by atoms with Crippen molar-refractivity contribution < 1.29 is 9.59 Å². The fourth-order valence-corrected chi connectivity index (χ4v) is 3.03. The third kappa shape index (κ3) is 4.09. The van der Waals surface area contributed by atoms with E-state index in [1.54, 1.807) is 42.1 Å². The molecule has 0 saturated carbocycles. The lowest BCUT2D eigenvalue weighted by molar-refractivity contribution is -0.116. The van der Waals surface area contributed by atoms with Crippen molar-refractivity contribution in [1.29, 1.82) is 0 Å². The zero-order valence-corrected chi connectivity index (χ0v) is 16.1. The second kappa shape index (κ2) is 7.75. The van der Waals surface area contributed by atoms with E-state index < -0.39 is 0 Å². The van der Waals surface area contributed by atoms with Crippen molar-refractivity contribution in [3.8, 4) is 0 Å². The van der Waals surface area contributed by atoms with E-state index in [0.29, 0.717) is 28.3 Å². The molecule has 0 aliphatic rings. The van der Waals surface area contributed by atoms with Gasteiger partial charge in [-0.25, -0.2) is 4.68 Å². The van der Waals surface area contributed by atoms with Gasteiger partial charge < -0.3 is 10.2 Å². The normalized spacial score (nSPS) is 10.8. The maximum absolute atomic E-state index is 12.6. The molecule has 8 heteroatoms. The Labute approximate surface area is 161 Å². The van der Waals surface area contributed by atoms with E-state index in [-0.39, 0.29) is 18.4 Å². The Morgan fingerprint density at radius 1 is 1.22 bits per heavy atom. The molecule has 0 saturated heterocycles. The second-order valence-electron chi connectivity index (χ2n) is 6.28. The number of benzene rings is 2. The van der Waals surface area contributed by atoms with Crippen molar-refractivity contribution in [3.05, 3.63) is 52.5 Å². The van der Waals surface area contributed by atoms with Crippen LogP contribution in [-0.2, 0) is 11.3 Å². The van der Waals surface area contributed by atoms with Crippen LogP contribution in [0.4, 0.5) is 5.69 Å². The molecule has 0 unspecified atom stereocenters. The van der Waals surface area contributed by atoms with Gasteiger partial charge in [0, 0.05) is 29.9 Å². The lowest BCUT2D eigenvalue weighted by Crippen LogP contribution is -2.35. The Hall–Kier alpha value is -2.93. The van der Waals surface area contributed by atoms with Gasteiger partial charge in [-0.2, -0.15) is 0 Å². The number of rotatable bonds is 5. The van der Waals surface area contributed by atoms with Crippen LogP contribution >= 0.6 is 11.6 Å². The van der Waals surface area contributed by atoms with Gasteiger partial charge in [0.1, 0.15) is 5.52 Å². The largest absolute Gasteiger partial charge is 0.332 e. The number of anilines is 1. The SMILES string of the molecule is CCn1nnc2cc(C(=O)N(C)CC(=O)Nc3ccc(Cl)cc3C)ccc21. The molecule has 140 valence electrons. The number of aryl methyl sites for hydroxylation is 2. The van der Waals surface area contributed by atoms with Crippen molar-refractivity contribution in [3.63, 3.8) is 0 Å². The molecule has 1 heterocycles. The number of fused-ring (bicyclic) bond motifs is 1. The molecule has 0 atom stereocenters. The smallest absolute Gasteiger partial charge is 0.254 e. The van der Waals surface area contributed by atoms with Crippen LogP contribution in [0.5, 0.6) is 0 Å². The number of aromatic nitrogens is 3. The standard InChI is InChI=1S/C19H20ClN5O2/c1-4-25-17-8-5-13(10-16(17)22-23-25)19(27)24(3)11-18(26)21-15-7-6-14(20)9-12(15)2/h5-10H,4,11H2,1-3H3,(H,21,26). The average molecular weight is 386 g/mol. The molecule has 1 N–H and O–H groups in total. The topological polar surface area (TPSA) is 80.1 Å². The van der Waals surface area contributed by atoms with Gasteiger partial charge in [0.15, 0.2) is 0 Å². The van der Waals surface area contributed by atoms with Gasteiger partial charge in [-0.15, -0.1) is 5.10 Å². The minimum absolute atomic E-state index is 0.0689. The summed E-state index contributed by atoms with van der Waals surface area (Å²) in [5, 5.41) is 11.5. The first kappa shape index (κ1) is 18.8. The molecule has 2 aromatic carbocycles. The first-order valence-electron chi connectivity index (χ1n) is 8.53. The van der Waals surface area contributed by atoms with E-state index in [0.717, 1.165) is 11.1 Å². The molecule has 7 nitrogen and oxygen atoms in total. The predicted molar refractivity (Wildman–Crippen MR) is 105 cm³/mol. The predicted octanol–water partition coefficient (Wildman–Crippen LogP) is 3.12. The molecule has 0 spiro atoms. The summed E-state index contributed by atoms with van der Waals surface area (Å²) in [7, 11) is 1.59. The van der Waals surface area contributed by atoms with Crippen LogP contribution in [0.3, 0.4) is 0 Å². The van der Waals surface area contributed by atoms with Crippen LogP contribution in [0.25, 0.3) is 11.0 Å². The minimum atomic E-state index is -0.283. The van der Waals surface area contributed by atoms with Gasteiger partial charge >= 0.3 is 0 Å². The van der Waals surface area contributed by atoms with E-state index in [2.05, 4.69) is 15.6 Å². The summed E-state index contributed by atoms with van der Waals surface area (Å²) in [5.41, 5.74) is 3.51. The van der Waals surface area contributed by atoms with Gasteiger partial charge in [-0.3, -0.25) is 9.59 Å². The Morgan fingerprint density at radius 3 is 2.70 bits per heavy atom. The van der Waals surface area contributed by atoms with Gasteiger partial charge in [-0.05, 0) is 55.8 Å². The van der Waals surface area contributed by atoms with Gasteiger partial charge in [0.2, 0.25) is 5.91 Å². The Balaban J connectivity index is 1.68. The molecular formula is C19H20ClN5O2. The molecule has 0 fully saturated rings. The highest BCUT2D eigenvalue weighted by atomic mass is 35.5. The lowest BCUT2D eigenvalue weighted by atomic mass is 10.1. The Morgan fingerprint density at radius 2 is 2.00 bits per heavy atom. The Bertz CT molecular complexity index is 1010. The van der Waals surface area contributed by atoms with E-state index >= 15 is 0 Å². The quantitative estimate of drug-likeness (QED) is 0.731. The van der Waals surface area contributed by atoms with Gasteiger partial charge in [0.25, 0.3) is 5.91 Å². The van der Waals surface area contributed by atoms with E-state index in [1.165, 1.54) is 4.90 Å². The van der Waals surface area contributed by atoms with Crippen LogP contribution in [-0.4, -0.2) is 45.3 Å². The molecule has 0 aliphatic heterocycles. The van der Waals surface area contributed by atoms with Crippen LogP contribution in [0.1, 0.15) is 22.8 Å². The highest BCUT2D eigenvalue weighted by Crippen LogP contribution is 2.19. The molecule has 0 radical (unpaired) electrons. The van der Waals surface area contributed by atoms with Crippen LogP contribution in [0, 0.1) is 6.92 Å². The molecule has 3 rings (SSSR count). The first-order chi connectivity index (χ1) is 12.9. The fourth-order valence-electron chi connectivity index (χ4n) is 2.80. The van der Waals surface area contributed by atoms with Gasteiger partial charge in [0.05, 0.1) is 12.1 Å². The molecular weight excluding hydrogens is 366 g/mol. The summed E-state index contributed by atoms with van der Waals surface area (Å²) >= 11 is 5.92. The number of nitrogens with one attached hydrogen (secondary N) is 1. The maximum atomic E-state index is 12.6. The molecule has 3 aromatic rings. The number of amides is 2. The van der Waals surface area contributed by atoms with E-state index in [9.17, 15) is 9.59 Å². The minimum Gasteiger partial charge on any atom is -0.332 e. The van der Waals surface area contributed by atoms with E-state index in [4.69, 9.17) is 11.6 Å². The monoisotopic (exact) mass is 385 g/mol. The summed E-state index contributed by atoms with van der Waals surface area (Å²) in [4.78, 5) is 26.3. The summed E-state index contributed by atoms with van der Waals surface area (Å²) in [6, 6.07) is 10.4. The fraction of sp³-hybridized carbons (Fsp3) is 0.263. The van der Waals surface area contributed by atoms with Gasteiger partial charge in [-0.1, -0.05) is 16.8 Å². The van der Waals surface area contributed by atoms with Crippen LogP contribution < -0.4 is 5.32 Å². The van der Waals surface area contributed by atoms with Crippen molar-refractivity contribution in [1.82, 2.24) is 19.9 Å². The third-order valence-electron chi connectivity index (χ3n) is 4.25. The number of hydrogen-bond donors (Lipinski definition) is 1.